The van der Waals surface area contributed by atoms with Gasteiger partial charge in [-0.05, 0) is 30.5 Å². The molecule has 2 aliphatic rings. The van der Waals surface area contributed by atoms with Crippen LogP contribution in [0.3, 0.4) is 0 Å². The van der Waals surface area contributed by atoms with Crippen molar-refractivity contribution in [3.63, 3.8) is 0 Å². The van der Waals surface area contributed by atoms with E-state index >= 15 is 0 Å². The Labute approximate surface area is 156 Å². The van der Waals surface area contributed by atoms with Gasteiger partial charge in [0.25, 0.3) is 0 Å². The van der Waals surface area contributed by atoms with E-state index in [1.54, 1.807) is 0 Å². The third-order valence-electron chi connectivity index (χ3n) is 5.63. The molecule has 2 heterocycles. The predicted octanol–water partition coefficient (Wildman–Crippen LogP) is 2.78. The smallest absolute Gasteiger partial charge is 0.242 e. The first-order chi connectivity index (χ1) is 12.7. The first-order valence-corrected chi connectivity index (χ1v) is 9.59. The van der Waals surface area contributed by atoms with Crippen LogP contribution >= 0.6 is 0 Å². The average Bonchev–Trinajstić information content (AvgIpc) is 2.98. The van der Waals surface area contributed by atoms with Crippen molar-refractivity contribution in [2.24, 2.45) is 0 Å². The van der Waals surface area contributed by atoms with Crippen molar-refractivity contribution in [1.29, 1.82) is 0 Å². The molecule has 26 heavy (non-hydrogen) atoms. The predicted molar refractivity (Wildman–Crippen MR) is 105 cm³/mol. The number of nitrogens with zero attached hydrogens (tertiary/aromatic N) is 3. The molecule has 4 nitrogen and oxygen atoms in total. The van der Waals surface area contributed by atoms with Crippen LogP contribution in [0.25, 0.3) is 0 Å². The highest BCUT2D eigenvalue weighted by atomic mass is 16.2. The molecule has 1 atom stereocenters. The fourth-order valence-corrected chi connectivity index (χ4v) is 4.11. The van der Waals surface area contributed by atoms with Gasteiger partial charge in [0, 0.05) is 44.5 Å². The van der Waals surface area contributed by atoms with E-state index in [0.717, 1.165) is 39.1 Å². The summed E-state index contributed by atoms with van der Waals surface area (Å²) in [6, 6.07) is 19.4. The van der Waals surface area contributed by atoms with Gasteiger partial charge in [0.15, 0.2) is 0 Å². The van der Waals surface area contributed by atoms with E-state index in [-0.39, 0.29) is 5.91 Å². The molecule has 0 bridgehead atoms. The first-order valence-electron chi connectivity index (χ1n) is 9.59. The van der Waals surface area contributed by atoms with Gasteiger partial charge in [-0.15, -0.1) is 0 Å². The Kier molecular flexibility index (Phi) is 4.93. The van der Waals surface area contributed by atoms with Crippen molar-refractivity contribution in [2.75, 3.05) is 37.6 Å². The van der Waals surface area contributed by atoms with Crippen molar-refractivity contribution >= 4 is 11.6 Å². The Morgan fingerprint density at radius 2 is 1.65 bits per heavy atom. The van der Waals surface area contributed by atoms with Crippen molar-refractivity contribution in [1.82, 2.24) is 9.80 Å². The van der Waals surface area contributed by atoms with E-state index in [1.807, 2.05) is 4.90 Å². The van der Waals surface area contributed by atoms with Gasteiger partial charge in [-0.2, -0.15) is 0 Å². The summed E-state index contributed by atoms with van der Waals surface area (Å²) in [6.45, 7) is 7.24. The van der Waals surface area contributed by atoms with Gasteiger partial charge in [0.1, 0.15) is 0 Å². The van der Waals surface area contributed by atoms with Gasteiger partial charge in [0.2, 0.25) is 5.91 Å². The lowest BCUT2D eigenvalue weighted by Gasteiger charge is -2.36. The molecule has 0 saturated carbocycles. The quantitative estimate of drug-likeness (QED) is 0.849. The fourth-order valence-electron chi connectivity index (χ4n) is 4.11. The lowest BCUT2D eigenvalue weighted by molar-refractivity contribution is -0.131. The molecule has 1 fully saturated rings. The largest absolute Gasteiger partial charge is 0.359 e. The second kappa shape index (κ2) is 7.50. The zero-order valence-electron chi connectivity index (χ0n) is 15.5. The van der Waals surface area contributed by atoms with E-state index in [4.69, 9.17) is 0 Å². The summed E-state index contributed by atoms with van der Waals surface area (Å²) in [7, 11) is 0. The average molecular weight is 349 g/mol. The Balaban J connectivity index is 1.31. The molecule has 4 heteroatoms. The van der Waals surface area contributed by atoms with E-state index in [2.05, 4.69) is 71.3 Å². The third kappa shape index (κ3) is 3.61. The molecule has 136 valence electrons. The molecule has 2 aliphatic heterocycles. The molecule has 1 saturated heterocycles. The maximum Gasteiger partial charge on any atom is 0.242 e. The van der Waals surface area contributed by atoms with Crippen molar-refractivity contribution < 1.29 is 4.79 Å². The topological polar surface area (TPSA) is 26.8 Å². The number of benzene rings is 2. The van der Waals surface area contributed by atoms with Gasteiger partial charge >= 0.3 is 0 Å². The number of anilines is 1. The lowest BCUT2D eigenvalue weighted by Crippen LogP contribution is -2.51. The van der Waals surface area contributed by atoms with Gasteiger partial charge in [-0.3, -0.25) is 9.69 Å². The Morgan fingerprint density at radius 3 is 2.42 bits per heavy atom. The number of para-hydroxylation sites is 1. The number of carbonyl (C=O) groups is 1. The van der Waals surface area contributed by atoms with Crippen LogP contribution in [-0.4, -0.2) is 54.5 Å². The minimum atomic E-state index is 0.257. The van der Waals surface area contributed by atoms with Crippen LogP contribution in [0, 0.1) is 0 Å². The van der Waals surface area contributed by atoms with Crippen molar-refractivity contribution in [3.8, 4) is 0 Å². The highest BCUT2D eigenvalue weighted by Crippen LogP contribution is 2.31. The van der Waals surface area contributed by atoms with Gasteiger partial charge < -0.3 is 9.80 Å². The zero-order valence-corrected chi connectivity index (χ0v) is 15.5. The van der Waals surface area contributed by atoms with Crippen LogP contribution in [-0.2, 0) is 17.8 Å². The normalized spacial score (nSPS) is 20.3. The highest BCUT2D eigenvalue weighted by Gasteiger charge is 2.29. The number of hydrogen-bond donors (Lipinski definition) is 0. The molecule has 0 aromatic heterocycles. The molecule has 4 rings (SSSR count). The third-order valence-corrected chi connectivity index (χ3v) is 5.63. The molecule has 0 radical (unpaired) electrons. The van der Waals surface area contributed by atoms with Crippen LogP contribution in [0.2, 0.25) is 0 Å². The van der Waals surface area contributed by atoms with Crippen LogP contribution in [0.15, 0.2) is 54.6 Å². The summed E-state index contributed by atoms with van der Waals surface area (Å²) in [5.74, 6) is 0.257. The van der Waals surface area contributed by atoms with Crippen LogP contribution in [0.5, 0.6) is 0 Å². The van der Waals surface area contributed by atoms with Gasteiger partial charge in [-0.1, -0.05) is 48.5 Å². The Hall–Kier alpha value is -2.33. The summed E-state index contributed by atoms with van der Waals surface area (Å²) in [5.41, 5.74) is 3.94. The second-order valence-electron chi connectivity index (χ2n) is 7.45. The van der Waals surface area contributed by atoms with E-state index in [1.165, 1.54) is 16.8 Å². The summed E-state index contributed by atoms with van der Waals surface area (Å²) in [5, 5.41) is 0. The number of amides is 1. The minimum Gasteiger partial charge on any atom is -0.359 e. The number of fused-ring (bicyclic) bond motifs is 1. The molecule has 0 unspecified atom stereocenters. The summed E-state index contributed by atoms with van der Waals surface area (Å²) < 4.78 is 0. The number of piperazine rings is 1. The van der Waals surface area contributed by atoms with Crippen molar-refractivity contribution in [2.45, 2.75) is 25.9 Å². The maximum absolute atomic E-state index is 12.8. The van der Waals surface area contributed by atoms with Gasteiger partial charge in [-0.25, -0.2) is 0 Å². The lowest BCUT2D eigenvalue weighted by atomic mass is 10.1. The fraction of sp³-hybridized carbons (Fsp3) is 0.409. The molecule has 0 N–H and O–H groups in total. The minimum absolute atomic E-state index is 0.257. The van der Waals surface area contributed by atoms with Crippen LogP contribution in [0.4, 0.5) is 5.69 Å². The molecule has 1 amide bonds. The van der Waals surface area contributed by atoms with Gasteiger partial charge in [0.05, 0.1) is 6.54 Å². The maximum atomic E-state index is 12.8. The highest BCUT2D eigenvalue weighted by molar-refractivity contribution is 5.82. The first kappa shape index (κ1) is 17.1. The second-order valence-corrected chi connectivity index (χ2v) is 7.45. The Bertz CT molecular complexity index is 753. The zero-order chi connectivity index (χ0) is 17.9. The standard InChI is InChI=1S/C22H27N3O/c1-18-15-20-9-5-6-10-21(20)25(18)17-22(26)24-13-11-23(12-14-24)16-19-7-3-2-4-8-19/h2-10,18H,11-17H2,1H3/t18-/m0/s1. The summed E-state index contributed by atoms with van der Waals surface area (Å²) in [6.07, 6.45) is 1.04. The summed E-state index contributed by atoms with van der Waals surface area (Å²) >= 11 is 0. The van der Waals surface area contributed by atoms with E-state index in [0.29, 0.717) is 12.6 Å². The van der Waals surface area contributed by atoms with E-state index < -0.39 is 0 Å². The van der Waals surface area contributed by atoms with E-state index in [9.17, 15) is 4.79 Å². The van der Waals surface area contributed by atoms with Crippen molar-refractivity contribution in [3.05, 3.63) is 65.7 Å². The SMILES string of the molecule is C[C@H]1Cc2ccccc2N1CC(=O)N1CCN(Cc2ccccc2)CC1. The molecule has 2 aromatic carbocycles. The monoisotopic (exact) mass is 349 g/mol. The Morgan fingerprint density at radius 1 is 0.962 bits per heavy atom. The number of hydrogen-bond acceptors (Lipinski definition) is 3. The molecule has 2 aromatic rings. The molecular weight excluding hydrogens is 322 g/mol. The van der Waals surface area contributed by atoms with Crippen LogP contribution in [0.1, 0.15) is 18.1 Å². The molecule has 0 spiro atoms. The molecule has 0 aliphatic carbocycles. The summed E-state index contributed by atoms with van der Waals surface area (Å²) in [4.78, 5) is 19.6. The molecular formula is C22H27N3O. The number of rotatable bonds is 4. The van der Waals surface area contributed by atoms with Crippen LogP contribution < -0.4 is 4.90 Å². The number of carbonyl (C=O) groups excluding carboxylic acids is 1.